The normalized spacial score (nSPS) is 26.1. The lowest BCUT2D eigenvalue weighted by Gasteiger charge is -2.40. The van der Waals surface area contributed by atoms with Gasteiger partial charge in [0.25, 0.3) is 0 Å². The maximum Gasteiger partial charge on any atom is 0.419 e. The van der Waals surface area contributed by atoms with Gasteiger partial charge in [-0.25, -0.2) is 0 Å². The lowest BCUT2D eigenvalue weighted by atomic mass is 9.90. The Bertz CT molecular complexity index is 450. The van der Waals surface area contributed by atoms with E-state index in [4.69, 9.17) is 21.1 Å². The van der Waals surface area contributed by atoms with Gasteiger partial charge in [-0.15, -0.1) is 11.6 Å². The number of halogens is 4. The number of ether oxygens (including phenoxy) is 2. The number of alkyl halides is 4. The second-order valence-electron chi connectivity index (χ2n) is 4.74. The molecule has 0 amide bonds. The van der Waals surface area contributed by atoms with Gasteiger partial charge in [0.15, 0.2) is 0 Å². The number of benzene rings is 1. The summed E-state index contributed by atoms with van der Waals surface area (Å²) < 4.78 is 49.5. The first-order chi connectivity index (χ1) is 9.43. The minimum atomic E-state index is -4.43. The minimum absolute atomic E-state index is 0.168. The lowest BCUT2D eigenvalue weighted by molar-refractivity contribution is -0.141. The molecule has 1 aliphatic carbocycles. The molecule has 0 bridgehead atoms. The van der Waals surface area contributed by atoms with Crippen molar-refractivity contribution in [2.45, 2.75) is 43.5 Å². The molecule has 0 radical (unpaired) electrons. The van der Waals surface area contributed by atoms with Crippen LogP contribution in [-0.4, -0.2) is 24.2 Å². The van der Waals surface area contributed by atoms with E-state index in [2.05, 4.69) is 0 Å². The molecule has 2 rings (SSSR count). The summed E-state index contributed by atoms with van der Waals surface area (Å²) in [6, 6.07) is 5.19. The van der Waals surface area contributed by atoms with Crippen LogP contribution in [0.2, 0.25) is 0 Å². The van der Waals surface area contributed by atoms with Crippen molar-refractivity contribution in [2.24, 2.45) is 0 Å². The van der Waals surface area contributed by atoms with E-state index in [-0.39, 0.29) is 17.2 Å². The molecule has 0 N–H and O–H groups in total. The third kappa shape index (κ3) is 3.38. The first-order valence-electron chi connectivity index (χ1n) is 6.52. The Kier molecular flexibility index (Phi) is 4.81. The molecule has 0 spiro atoms. The number of hydrogen-bond donors (Lipinski definition) is 0. The zero-order chi connectivity index (χ0) is 14.8. The fraction of sp³-hybridized carbons (Fsp3) is 0.571. The third-order valence-corrected chi connectivity index (χ3v) is 3.59. The van der Waals surface area contributed by atoms with Gasteiger partial charge in [0.2, 0.25) is 0 Å². The van der Waals surface area contributed by atoms with Crippen LogP contribution in [0, 0.1) is 0 Å². The molecule has 1 aliphatic rings. The van der Waals surface area contributed by atoms with Crippen LogP contribution in [0.4, 0.5) is 13.2 Å². The van der Waals surface area contributed by atoms with E-state index >= 15 is 0 Å². The van der Waals surface area contributed by atoms with Crippen LogP contribution in [0.1, 0.15) is 25.3 Å². The summed E-state index contributed by atoms with van der Waals surface area (Å²) in [5.74, 6) is -0.168. The predicted molar refractivity (Wildman–Crippen MR) is 70.1 cm³/mol. The van der Waals surface area contributed by atoms with Crippen LogP contribution < -0.4 is 4.74 Å². The summed E-state index contributed by atoms with van der Waals surface area (Å²) in [6.45, 7) is 2.48. The van der Waals surface area contributed by atoms with Gasteiger partial charge in [-0.3, -0.25) is 0 Å². The Morgan fingerprint density at radius 3 is 2.60 bits per heavy atom. The van der Waals surface area contributed by atoms with Crippen molar-refractivity contribution in [3.05, 3.63) is 29.8 Å². The molecule has 0 heterocycles. The molecule has 1 aromatic carbocycles. The van der Waals surface area contributed by atoms with Crippen molar-refractivity contribution in [2.75, 3.05) is 6.61 Å². The molecule has 3 atom stereocenters. The molecule has 112 valence electrons. The summed E-state index contributed by atoms with van der Waals surface area (Å²) >= 11 is 6.01. The molecule has 1 saturated carbocycles. The molecule has 0 aromatic heterocycles. The maximum atomic E-state index is 12.9. The molecular formula is C14H16ClF3O2. The van der Waals surface area contributed by atoms with Crippen molar-refractivity contribution < 1.29 is 22.6 Å². The Morgan fingerprint density at radius 2 is 2.00 bits per heavy atom. The quantitative estimate of drug-likeness (QED) is 0.757. The highest BCUT2D eigenvalue weighted by Gasteiger charge is 2.44. The molecular weight excluding hydrogens is 293 g/mol. The minimum Gasteiger partial charge on any atom is -0.487 e. The fourth-order valence-electron chi connectivity index (χ4n) is 2.07. The van der Waals surface area contributed by atoms with E-state index in [0.717, 1.165) is 12.5 Å². The second kappa shape index (κ2) is 6.22. The Hall–Kier alpha value is -0.940. The Labute approximate surface area is 120 Å². The van der Waals surface area contributed by atoms with E-state index < -0.39 is 17.8 Å². The first kappa shape index (κ1) is 15.4. The summed E-state index contributed by atoms with van der Waals surface area (Å²) in [5.41, 5.74) is -0.771. The van der Waals surface area contributed by atoms with Crippen molar-refractivity contribution >= 4 is 11.6 Å². The Morgan fingerprint density at radius 1 is 1.30 bits per heavy atom. The van der Waals surface area contributed by atoms with Crippen LogP contribution in [-0.2, 0) is 10.9 Å². The zero-order valence-corrected chi connectivity index (χ0v) is 11.7. The standard InChI is InChI=1S/C14H16ClF3O2/c1-2-7-19-13-10(15)8-12(13)20-11-6-4-3-5-9(11)14(16,17)18/h3-6,10,12-13H,2,7-8H2,1H3. The predicted octanol–water partition coefficient (Wildman–Crippen LogP) is 4.26. The average Bonchev–Trinajstić information content (AvgIpc) is 2.38. The highest BCUT2D eigenvalue weighted by atomic mass is 35.5. The van der Waals surface area contributed by atoms with Crippen molar-refractivity contribution in [3.8, 4) is 5.75 Å². The summed E-state index contributed by atoms with van der Waals surface area (Å²) in [7, 11) is 0. The lowest BCUT2D eigenvalue weighted by Crippen LogP contribution is -2.52. The molecule has 2 nitrogen and oxygen atoms in total. The highest BCUT2D eigenvalue weighted by molar-refractivity contribution is 6.21. The van der Waals surface area contributed by atoms with Gasteiger partial charge in [0, 0.05) is 13.0 Å². The van der Waals surface area contributed by atoms with E-state index in [1.165, 1.54) is 18.2 Å². The van der Waals surface area contributed by atoms with Crippen LogP contribution in [0.15, 0.2) is 24.3 Å². The number of para-hydroxylation sites is 1. The second-order valence-corrected chi connectivity index (χ2v) is 5.30. The molecule has 1 aromatic rings. The smallest absolute Gasteiger partial charge is 0.419 e. The first-order valence-corrected chi connectivity index (χ1v) is 6.95. The summed E-state index contributed by atoms with van der Waals surface area (Å²) in [5, 5.41) is -0.204. The van der Waals surface area contributed by atoms with E-state index in [0.29, 0.717) is 13.0 Å². The zero-order valence-electron chi connectivity index (χ0n) is 11.0. The SMILES string of the molecule is CCCOC1C(Cl)CC1Oc1ccccc1C(F)(F)F. The topological polar surface area (TPSA) is 18.5 Å². The van der Waals surface area contributed by atoms with Gasteiger partial charge in [-0.1, -0.05) is 19.1 Å². The van der Waals surface area contributed by atoms with Gasteiger partial charge in [-0.2, -0.15) is 13.2 Å². The summed E-state index contributed by atoms with van der Waals surface area (Å²) in [4.78, 5) is 0. The number of rotatable bonds is 5. The molecule has 0 aliphatic heterocycles. The van der Waals surface area contributed by atoms with Crippen LogP contribution >= 0.6 is 11.6 Å². The van der Waals surface area contributed by atoms with Gasteiger partial charge in [0.05, 0.1) is 10.9 Å². The number of hydrogen-bond acceptors (Lipinski definition) is 2. The largest absolute Gasteiger partial charge is 0.487 e. The molecule has 3 unspecified atom stereocenters. The van der Waals surface area contributed by atoms with Gasteiger partial charge < -0.3 is 9.47 Å². The highest BCUT2D eigenvalue weighted by Crippen LogP contribution is 2.39. The van der Waals surface area contributed by atoms with E-state index in [1.807, 2.05) is 6.92 Å². The van der Waals surface area contributed by atoms with Crippen molar-refractivity contribution in [1.29, 1.82) is 0 Å². The van der Waals surface area contributed by atoms with Crippen molar-refractivity contribution in [1.82, 2.24) is 0 Å². The van der Waals surface area contributed by atoms with Crippen molar-refractivity contribution in [3.63, 3.8) is 0 Å². The average molecular weight is 309 g/mol. The van der Waals surface area contributed by atoms with Crippen LogP contribution in [0.3, 0.4) is 0 Å². The Balaban J connectivity index is 2.07. The van der Waals surface area contributed by atoms with E-state index in [9.17, 15) is 13.2 Å². The molecule has 0 saturated heterocycles. The van der Waals surface area contributed by atoms with Crippen LogP contribution in [0.5, 0.6) is 5.75 Å². The molecule has 6 heteroatoms. The monoisotopic (exact) mass is 308 g/mol. The molecule has 20 heavy (non-hydrogen) atoms. The van der Waals surface area contributed by atoms with Gasteiger partial charge in [-0.05, 0) is 18.6 Å². The van der Waals surface area contributed by atoms with Gasteiger partial charge in [0.1, 0.15) is 18.0 Å². The van der Waals surface area contributed by atoms with Crippen LogP contribution in [0.25, 0.3) is 0 Å². The summed E-state index contributed by atoms with van der Waals surface area (Å²) in [6.07, 6.45) is -3.89. The third-order valence-electron chi connectivity index (χ3n) is 3.17. The molecule has 1 fully saturated rings. The van der Waals surface area contributed by atoms with E-state index in [1.54, 1.807) is 0 Å². The maximum absolute atomic E-state index is 12.9. The van der Waals surface area contributed by atoms with Gasteiger partial charge >= 0.3 is 6.18 Å². The fourth-order valence-corrected chi connectivity index (χ4v) is 2.49.